The molecule has 1 aromatic carbocycles. The molecule has 1 N–H and O–H groups in total. The fourth-order valence-corrected chi connectivity index (χ4v) is 2.23. The van der Waals surface area contributed by atoms with Crippen molar-refractivity contribution in [2.75, 3.05) is 19.5 Å². The summed E-state index contributed by atoms with van der Waals surface area (Å²) in [5.41, 5.74) is 2.31. The molecule has 0 bridgehead atoms. The number of methoxy groups -OCH3 is 2. The summed E-state index contributed by atoms with van der Waals surface area (Å²) < 4.78 is 12.6. The highest BCUT2D eigenvalue weighted by atomic mass is 16.5. The number of imidazole rings is 1. The molecule has 0 amide bonds. The van der Waals surface area contributed by atoms with Crippen molar-refractivity contribution in [3.8, 4) is 11.5 Å². The van der Waals surface area contributed by atoms with E-state index in [0.717, 1.165) is 29.1 Å². The molecule has 0 aliphatic rings. The molecule has 0 spiro atoms. The van der Waals surface area contributed by atoms with Crippen molar-refractivity contribution in [2.24, 2.45) is 0 Å². The monoisotopic (exact) mass is 299 g/mol. The number of fused-ring (bicyclic) bond motifs is 1. The fourth-order valence-electron chi connectivity index (χ4n) is 2.23. The second-order valence-corrected chi connectivity index (χ2v) is 4.62. The highest BCUT2D eigenvalue weighted by Gasteiger charge is 2.12. The Bertz CT molecular complexity index is 800. The lowest BCUT2D eigenvalue weighted by Crippen LogP contribution is -2.00. The summed E-state index contributed by atoms with van der Waals surface area (Å²) in [7, 11) is 3.23. The van der Waals surface area contributed by atoms with Crippen LogP contribution in [0.5, 0.6) is 11.5 Å². The number of nitrogens with one attached hydrogen (secondary N) is 1. The molecule has 114 valence electrons. The van der Waals surface area contributed by atoms with Crippen molar-refractivity contribution in [2.45, 2.75) is 13.5 Å². The van der Waals surface area contributed by atoms with E-state index in [-0.39, 0.29) is 0 Å². The van der Waals surface area contributed by atoms with Gasteiger partial charge in [0.25, 0.3) is 0 Å². The average Bonchev–Trinajstić information content (AvgIpc) is 2.99. The molecule has 0 radical (unpaired) electrons. The maximum absolute atomic E-state index is 5.39. The number of nitrogens with zero attached hydrogens (tertiary/aromatic N) is 4. The Morgan fingerprint density at radius 3 is 2.73 bits per heavy atom. The lowest BCUT2D eigenvalue weighted by atomic mass is 10.2. The molecule has 0 aliphatic heterocycles. The topological polar surface area (TPSA) is 74.1 Å². The van der Waals surface area contributed by atoms with Crippen LogP contribution in [0.25, 0.3) is 11.2 Å². The number of aryl methyl sites for hydroxylation is 1. The maximum Gasteiger partial charge on any atom is 0.165 e. The normalized spacial score (nSPS) is 10.7. The molecule has 0 aliphatic carbocycles. The summed E-state index contributed by atoms with van der Waals surface area (Å²) in [4.78, 5) is 13.0. The van der Waals surface area contributed by atoms with Gasteiger partial charge in [0.15, 0.2) is 17.0 Å². The third kappa shape index (κ3) is 2.41. The minimum absolute atomic E-state index is 0.640. The molecule has 0 saturated heterocycles. The van der Waals surface area contributed by atoms with Gasteiger partial charge < -0.3 is 19.4 Å². The second kappa shape index (κ2) is 5.88. The lowest BCUT2D eigenvalue weighted by molar-refractivity contribution is 0.395. The van der Waals surface area contributed by atoms with Gasteiger partial charge in [0, 0.05) is 12.6 Å². The molecule has 2 heterocycles. The molecule has 7 heteroatoms. The quantitative estimate of drug-likeness (QED) is 0.780. The summed E-state index contributed by atoms with van der Waals surface area (Å²) in [6, 6.07) is 5.54. The SMILES string of the molecule is CCn1cnc2c(Nc3ccc(OC)cc3OC)ncnc21. The Balaban J connectivity index is 2.01. The summed E-state index contributed by atoms with van der Waals surface area (Å²) in [6.07, 6.45) is 3.28. The smallest absolute Gasteiger partial charge is 0.165 e. The molecule has 7 nitrogen and oxygen atoms in total. The molecule has 3 rings (SSSR count). The van der Waals surface area contributed by atoms with Crippen LogP contribution in [0.3, 0.4) is 0 Å². The van der Waals surface area contributed by atoms with Crippen LogP contribution in [0.15, 0.2) is 30.9 Å². The molecule has 2 aromatic heterocycles. The van der Waals surface area contributed by atoms with Gasteiger partial charge in [-0.1, -0.05) is 0 Å². The second-order valence-electron chi connectivity index (χ2n) is 4.62. The van der Waals surface area contributed by atoms with Crippen molar-refractivity contribution < 1.29 is 9.47 Å². The predicted octanol–water partition coefficient (Wildman–Crippen LogP) is 2.61. The molecule has 0 atom stereocenters. The number of hydrogen-bond acceptors (Lipinski definition) is 6. The Labute approximate surface area is 127 Å². The Hall–Kier alpha value is -2.83. The third-order valence-electron chi connectivity index (χ3n) is 3.40. The zero-order valence-electron chi connectivity index (χ0n) is 12.7. The van der Waals surface area contributed by atoms with Crippen LogP contribution < -0.4 is 14.8 Å². The molecular formula is C15H17N5O2. The van der Waals surface area contributed by atoms with Gasteiger partial charge in [-0.3, -0.25) is 0 Å². The highest BCUT2D eigenvalue weighted by molar-refractivity contribution is 5.86. The van der Waals surface area contributed by atoms with Gasteiger partial charge in [-0.15, -0.1) is 0 Å². The average molecular weight is 299 g/mol. The van der Waals surface area contributed by atoms with Crippen LogP contribution in [0, 0.1) is 0 Å². The number of anilines is 2. The van der Waals surface area contributed by atoms with Crippen LogP contribution in [-0.4, -0.2) is 33.7 Å². The molecule has 0 unspecified atom stereocenters. The van der Waals surface area contributed by atoms with E-state index in [4.69, 9.17) is 9.47 Å². The van der Waals surface area contributed by atoms with Crippen LogP contribution in [-0.2, 0) is 6.54 Å². The zero-order valence-corrected chi connectivity index (χ0v) is 12.7. The Morgan fingerprint density at radius 2 is 2.00 bits per heavy atom. The van der Waals surface area contributed by atoms with Gasteiger partial charge in [0.1, 0.15) is 17.8 Å². The van der Waals surface area contributed by atoms with E-state index < -0.39 is 0 Å². The van der Waals surface area contributed by atoms with Gasteiger partial charge in [-0.25, -0.2) is 15.0 Å². The standard InChI is InChI=1S/C15H17N5O2/c1-4-20-9-18-13-14(16-8-17-15(13)20)19-11-6-5-10(21-2)7-12(11)22-3/h5-9H,4H2,1-3H3,(H,16,17,19). The molecule has 3 aromatic rings. The molecular weight excluding hydrogens is 282 g/mol. The highest BCUT2D eigenvalue weighted by Crippen LogP contribution is 2.32. The summed E-state index contributed by atoms with van der Waals surface area (Å²) in [5, 5.41) is 3.25. The van der Waals surface area contributed by atoms with Crippen LogP contribution in [0.4, 0.5) is 11.5 Å². The van der Waals surface area contributed by atoms with E-state index in [1.165, 1.54) is 6.33 Å². The number of rotatable bonds is 5. The van der Waals surface area contributed by atoms with E-state index in [1.807, 2.05) is 29.7 Å². The van der Waals surface area contributed by atoms with Gasteiger partial charge in [-0.05, 0) is 19.1 Å². The van der Waals surface area contributed by atoms with Gasteiger partial charge in [-0.2, -0.15) is 0 Å². The lowest BCUT2D eigenvalue weighted by Gasteiger charge is -2.12. The van der Waals surface area contributed by atoms with E-state index in [1.54, 1.807) is 20.5 Å². The van der Waals surface area contributed by atoms with E-state index in [2.05, 4.69) is 20.3 Å². The summed E-state index contributed by atoms with van der Waals surface area (Å²) in [6.45, 7) is 2.85. The number of benzene rings is 1. The summed E-state index contributed by atoms with van der Waals surface area (Å²) in [5.74, 6) is 2.03. The minimum Gasteiger partial charge on any atom is -0.497 e. The van der Waals surface area contributed by atoms with E-state index >= 15 is 0 Å². The van der Waals surface area contributed by atoms with Gasteiger partial charge in [0.05, 0.1) is 26.2 Å². The molecule has 0 fully saturated rings. The van der Waals surface area contributed by atoms with Gasteiger partial charge >= 0.3 is 0 Å². The van der Waals surface area contributed by atoms with Crippen molar-refractivity contribution in [1.29, 1.82) is 0 Å². The first-order chi connectivity index (χ1) is 10.8. The van der Waals surface area contributed by atoms with Crippen LogP contribution >= 0.6 is 0 Å². The summed E-state index contributed by atoms with van der Waals surface area (Å²) >= 11 is 0. The first kappa shape index (κ1) is 14.1. The van der Waals surface area contributed by atoms with Crippen molar-refractivity contribution in [3.05, 3.63) is 30.9 Å². The first-order valence-electron chi connectivity index (χ1n) is 6.91. The Kier molecular flexibility index (Phi) is 3.78. The number of aromatic nitrogens is 4. The molecule has 22 heavy (non-hydrogen) atoms. The van der Waals surface area contributed by atoms with Gasteiger partial charge in [0.2, 0.25) is 0 Å². The van der Waals surface area contributed by atoms with Crippen molar-refractivity contribution in [1.82, 2.24) is 19.5 Å². The zero-order chi connectivity index (χ0) is 15.5. The molecule has 0 saturated carbocycles. The van der Waals surface area contributed by atoms with E-state index in [0.29, 0.717) is 11.6 Å². The third-order valence-corrected chi connectivity index (χ3v) is 3.40. The largest absolute Gasteiger partial charge is 0.497 e. The van der Waals surface area contributed by atoms with Crippen LogP contribution in [0.1, 0.15) is 6.92 Å². The maximum atomic E-state index is 5.39. The fraction of sp³-hybridized carbons (Fsp3) is 0.267. The predicted molar refractivity (Wildman–Crippen MR) is 83.8 cm³/mol. The minimum atomic E-state index is 0.640. The van der Waals surface area contributed by atoms with Crippen molar-refractivity contribution >= 4 is 22.7 Å². The number of hydrogen-bond donors (Lipinski definition) is 1. The van der Waals surface area contributed by atoms with E-state index in [9.17, 15) is 0 Å². The van der Waals surface area contributed by atoms with Crippen LogP contribution in [0.2, 0.25) is 0 Å². The first-order valence-corrected chi connectivity index (χ1v) is 6.91. The van der Waals surface area contributed by atoms with Crippen molar-refractivity contribution in [3.63, 3.8) is 0 Å². The Morgan fingerprint density at radius 1 is 1.14 bits per heavy atom. The number of ether oxygens (including phenoxy) is 2.